The second-order valence-electron chi connectivity index (χ2n) is 11.5. The van der Waals surface area contributed by atoms with Gasteiger partial charge in [-0.1, -0.05) is 89.5 Å². The van der Waals surface area contributed by atoms with Crippen LogP contribution in [0.4, 0.5) is 0 Å². The molecule has 0 unspecified atom stereocenters. The standard InChI is InChI=1S/C30H48/c1-3-4-5-6-24-9-13-26(14-10-24)28-17-21-30(22-18-28)29-19-15-27(16-20-29)25-11-7-23(2)8-12-25/h15-16,19-20,23-26,28,30H,3-14,17-18,21-22H2,1-2H3/t23-,24-,25-,26-,28?,30?. The fourth-order valence-electron chi connectivity index (χ4n) is 7.19. The molecule has 168 valence electrons. The van der Waals surface area contributed by atoms with E-state index in [-0.39, 0.29) is 0 Å². The van der Waals surface area contributed by atoms with Crippen LogP contribution in [0.3, 0.4) is 0 Å². The van der Waals surface area contributed by atoms with Crippen LogP contribution in [0.15, 0.2) is 24.3 Å². The van der Waals surface area contributed by atoms with Gasteiger partial charge >= 0.3 is 0 Å². The molecule has 0 heterocycles. The van der Waals surface area contributed by atoms with Gasteiger partial charge in [-0.15, -0.1) is 0 Å². The molecule has 3 fully saturated rings. The summed E-state index contributed by atoms with van der Waals surface area (Å²) in [5.41, 5.74) is 3.26. The maximum Gasteiger partial charge on any atom is -0.0162 e. The van der Waals surface area contributed by atoms with Crippen LogP contribution < -0.4 is 0 Å². The Morgan fingerprint density at radius 1 is 0.600 bits per heavy atom. The summed E-state index contributed by atoms with van der Waals surface area (Å²) in [4.78, 5) is 0. The van der Waals surface area contributed by atoms with Crippen molar-refractivity contribution in [2.75, 3.05) is 0 Å². The zero-order valence-electron chi connectivity index (χ0n) is 20.1. The molecule has 3 saturated carbocycles. The smallest absolute Gasteiger partial charge is 0.0162 e. The minimum Gasteiger partial charge on any atom is -0.0654 e. The summed E-state index contributed by atoms with van der Waals surface area (Å²) in [6, 6.07) is 9.98. The van der Waals surface area contributed by atoms with E-state index in [0.717, 1.165) is 35.5 Å². The zero-order chi connectivity index (χ0) is 20.8. The quantitative estimate of drug-likeness (QED) is 0.394. The van der Waals surface area contributed by atoms with E-state index >= 15 is 0 Å². The topological polar surface area (TPSA) is 0 Å². The normalized spacial score (nSPS) is 35.3. The highest BCUT2D eigenvalue weighted by Gasteiger charge is 2.31. The molecule has 0 bridgehead atoms. The van der Waals surface area contributed by atoms with E-state index < -0.39 is 0 Å². The average Bonchev–Trinajstić information content (AvgIpc) is 2.81. The summed E-state index contributed by atoms with van der Waals surface area (Å²) in [6.07, 6.45) is 23.5. The van der Waals surface area contributed by atoms with Crippen molar-refractivity contribution in [3.63, 3.8) is 0 Å². The molecule has 0 aromatic heterocycles. The molecule has 3 aliphatic carbocycles. The second kappa shape index (κ2) is 11.2. The highest BCUT2D eigenvalue weighted by molar-refractivity contribution is 5.28. The van der Waals surface area contributed by atoms with E-state index in [9.17, 15) is 0 Å². The summed E-state index contributed by atoms with van der Waals surface area (Å²) >= 11 is 0. The van der Waals surface area contributed by atoms with Gasteiger partial charge in [0, 0.05) is 0 Å². The molecule has 0 atom stereocenters. The van der Waals surface area contributed by atoms with Crippen LogP contribution in [0.2, 0.25) is 0 Å². The van der Waals surface area contributed by atoms with Crippen molar-refractivity contribution in [1.29, 1.82) is 0 Å². The van der Waals surface area contributed by atoms with Gasteiger partial charge in [-0.05, 0) is 98.0 Å². The van der Waals surface area contributed by atoms with E-state index in [1.165, 1.54) is 89.9 Å². The number of rotatable bonds is 7. The van der Waals surface area contributed by atoms with Crippen LogP contribution in [0, 0.1) is 23.7 Å². The lowest BCUT2D eigenvalue weighted by atomic mass is 9.68. The summed E-state index contributed by atoms with van der Waals surface area (Å²) in [7, 11) is 0. The molecule has 4 rings (SSSR count). The van der Waals surface area contributed by atoms with Crippen molar-refractivity contribution in [2.24, 2.45) is 23.7 Å². The van der Waals surface area contributed by atoms with E-state index in [4.69, 9.17) is 0 Å². The first-order valence-electron chi connectivity index (χ1n) is 13.8. The fourth-order valence-corrected chi connectivity index (χ4v) is 7.19. The molecule has 0 radical (unpaired) electrons. The predicted octanol–water partition coefficient (Wildman–Crippen LogP) is 9.64. The number of hydrogen-bond acceptors (Lipinski definition) is 0. The van der Waals surface area contributed by atoms with Crippen LogP contribution >= 0.6 is 0 Å². The van der Waals surface area contributed by atoms with Crippen LogP contribution in [0.1, 0.15) is 140 Å². The summed E-state index contributed by atoms with van der Waals surface area (Å²) in [6.45, 7) is 4.76. The van der Waals surface area contributed by atoms with Crippen LogP contribution in [-0.2, 0) is 0 Å². The third-order valence-electron chi connectivity index (χ3n) is 9.44. The molecule has 0 N–H and O–H groups in total. The Hall–Kier alpha value is -0.780. The molecule has 1 aromatic carbocycles. The van der Waals surface area contributed by atoms with Gasteiger partial charge in [0.2, 0.25) is 0 Å². The first-order valence-corrected chi connectivity index (χ1v) is 13.8. The van der Waals surface area contributed by atoms with Gasteiger partial charge < -0.3 is 0 Å². The molecule has 30 heavy (non-hydrogen) atoms. The molecule has 3 aliphatic rings. The van der Waals surface area contributed by atoms with Gasteiger partial charge in [0.05, 0.1) is 0 Å². The molecule has 0 amide bonds. The molecular formula is C30H48. The second-order valence-corrected chi connectivity index (χ2v) is 11.5. The van der Waals surface area contributed by atoms with Crippen molar-refractivity contribution in [2.45, 2.75) is 128 Å². The first kappa shape index (κ1) is 22.4. The minimum atomic E-state index is 0.836. The summed E-state index contributed by atoms with van der Waals surface area (Å²) in [5.74, 6) is 5.79. The predicted molar refractivity (Wildman–Crippen MR) is 131 cm³/mol. The van der Waals surface area contributed by atoms with Crippen molar-refractivity contribution in [1.82, 2.24) is 0 Å². The maximum atomic E-state index is 2.50. The molecule has 0 heteroatoms. The SMILES string of the molecule is CCCCC[C@H]1CC[C@H](C2CCC(c3ccc([C@H]4CC[C@H](C)CC4)cc3)CC2)CC1. The van der Waals surface area contributed by atoms with Crippen LogP contribution in [-0.4, -0.2) is 0 Å². The Balaban J connectivity index is 1.20. The fraction of sp³-hybridized carbons (Fsp3) is 0.800. The van der Waals surface area contributed by atoms with Gasteiger partial charge in [0.1, 0.15) is 0 Å². The van der Waals surface area contributed by atoms with Crippen molar-refractivity contribution < 1.29 is 0 Å². The van der Waals surface area contributed by atoms with Gasteiger partial charge in [-0.25, -0.2) is 0 Å². The summed E-state index contributed by atoms with van der Waals surface area (Å²) < 4.78 is 0. The van der Waals surface area contributed by atoms with Crippen LogP contribution in [0.25, 0.3) is 0 Å². The molecule has 0 aliphatic heterocycles. The van der Waals surface area contributed by atoms with E-state index in [2.05, 4.69) is 38.1 Å². The molecule has 0 spiro atoms. The Labute approximate surface area is 187 Å². The van der Waals surface area contributed by atoms with Crippen LogP contribution in [0.5, 0.6) is 0 Å². The summed E-state index contributed by atoms with van der Waals surface area (Å²) in [5, 5.41) is 0. The number of hydrogen-bond donors (Lipinski definition) is 0. The minimum absolute atomic E-state index is 0.836. The number of unbranched alkanes of at least 4 members (excludes halogenated alkanes) is 2. The number of benzene rings is 1. The third-order valence-corrected chi connectivity index (χ3v) is 9.44. The highest BCUT2D eigenvalue weighted by Crippen LogP contribution is 2.45. The Kier molecular flexibility index (Phi) is 8.36. The third kappa shape index (κ3) is 5.92. The van der Waals surface area contributed by atoms with Gasteiger partial charge in [-0.3, -0.25) is 0 Å². The van der Waals surface area contributed by atoms with Gasteiger partial charge in [-0.2, -0.15) is 0 Å². The van der Waals surface area contributed by atoms with Crippen molar-refractivity contribution in [3.05, 3.63) is 35.4 Å². The maximum absolute atomic E-state index is 2.50. The largest absolute Gasteiger partial charge is 0.0654 e. The molecule has 0 saturated heterocycles. The monoisotopic (exact) mass is 408 g/mol. The van der Waals surface area contributed by atoms with Crippen molar-refractivity contribution >= 4 is 0 Å². The zero-order valence-corrected chi connectivity index (χ0v) is 20.1. The van der Waals surface area contributed by atoms with Crippen molar-refractivity contribution in [3.8, 4) is 0 Å². The highest BCUT2D eigenvalue weighted by atomic mass is 14.4. The van der Waals surface area contributed by atoms with E-state index in [1.807, 2.05) is 0 Å². The molecule has 0 nitrogen and oxygen atoms in total. The Morgan fingerprint density at radius 3 is 1.57 bits per heavy atom. The van der Waals surface area contributed by atoms with E-state index in [0.29, 0.717) is 0 Å². The Morgan fingerprint density at radius 2 is 1.07 bits per heavy atom. The average molecular weight is 409 g/mol. The van der Waals surface area contributed by atoms with Gasteiger partial charge in [0.15, 0.2) is 0 Å². The lowest BCUT2D eigenvalue weighted by molar-refractivity contribution is 0.155. The lowest BCUT2D eigenvalue weighted by Gasteiger charge is -2.38. The molecular weight excluding hydrogens is 360 g/mol. The lowest BCUT2D eigenvalue weighted by Crippen LogP contribution is -2.25. The van der Waals surface area contributed by atoms with Gasteiger partial charge in [0.25, 0.3) is 0 Å². The first-order chi connectivity index (χ1) is 14.7. The Bertz CT molecular complexity index is 589. The molecule has 1 aromatic rings. The van der Waals surface area contributed by atoms with E-state index in [1.54, 1.807) is 24.0 Å².